The minimum atomic E-state index is -1.31. The maximum absolute atomic E-state index is 9.43. The van der Waals surface area contributed by atoms with Crippen LogP contribution in [0.25, 0.3) is 0 Å². The predicted octanol–water partition coefficient (Wildman–Crippen LogP) is 2.09. The first-order chi connectivity index (χ1) is 6.90. The molecule has 2 N–H and O–H groups in total. The average molecular weight is 242 g/mol. The molecule has 0 heterocycles. The van der Waals surface area contributed by atoms with Gasteiger partial charge in [-0.2, -0.15) is 0 Å². The Kier molecular flexibility index (Phi) is 15.1. The van der Waals surface area contributed by atoms with Crippen LogP contribution in [0.2, 0.25) is 0.0125 Å². The number of carboxylic acid groups (broad SMARTS) is 2. The standard InChI is InChI=1S/C7H15.C3H4O4.K/c1-3-5-7-6-4-2;4-2(5)1-3(6)7;/h3H,4-7H2,1-2H3;1H2,(H,4,5)(H,6,7);. The topological polar surface area (TPSA) is 74.6 Å². The molecular weight excluding hydrogens is 223 g/mol. The van der Waals surface area contributed by atoms with Gasteiger partial charge in [0, 0.05) is 0 Å². The summed E-state index contributed by atoms with van der Waals surface area (Å²) in [6.45, 7) is 4.64. The van der Waals surface area contributed by atoms with E-state index in [0.717, 1.165) is 49.0 Å². The normalized spacial score (nSPS) is 11.2. The van der Waals surface area contributed by atoms with Gasteiger partial charge in [-0.05, 0) is 0 Å². The molecule has 1 atom stereocenters. The number of carbonyl (C=O) groups is 2. The molecule has 1 unspecified atom stereocenters. The molecule has 0 aliphatic carbocycles. The molecule has 15 heavy (non-hydrogen) atoms. The third kappa shape index (κ3) is 25.1. The number of hydrogen-bond acceptors (Lipinski definition) is 2. The second-order valence-corrected chi connectivity index (χ2v) is 6.93. The summed E-state index contributed by atoms with van der Waals surface area (Å²) < 4.78 is 1.09. The first-order valence-corrected chi connectivity index (χ1v) is 7.14. The van der Waals surface area contributed by atoms with Crippen molar-refractivity contribution in [3.8, 4) is 0 Å². The van der Waals surface area contributed by atoms with E-state index in [1.807, 2.05) is 0 Å². The van der Waals surface area contributed by atoms with Crippen molar-refractivity contribution in [1.82, 2.24) is 0 Å². The summed E-state index contributed by atoms with van der Waals surface area (Å²) in [5, 5.41) is 15.4. The predicted molar refractivity (Wildman–Crippen MR) is 59.2 cm³/mol. The van der Waals surface area contributed by atoms with Crippen LogP contribution in [-0.2, 0) is 9.59 Å². The van der Waals surface area contributed by atoms with Crippen LogP contribution in [0.4, 0.5) is 0 Å². The SMILES string of the molecule is CCCCC[CH](C)[K].O=C(O)CC(=O)O. The zero-order valence-electron chi connectivity index (χ0n) is 9.82. The Bertz CT molecular complexity index is 168. The largest absolute Gasteiger partial charge is 0.481 e. The van der Waals surface area contributed by atoms with E-state index in [2.05, 4.69) is 13.8 Å². The third-order valence-corrected chi connectivity index (χ3v) is 2.59. The van der Waals surface area contributed by atoms with Crippen LogP contribution in [0.3, 0.4) is 0 Å². The van der Waals surface area contributed by atoms with Crippen molar-refractivity contribution < 1.29 is 19.8 Å². The van der Waals surface area contributed by atoms with E-state index in [1.54, 1.807) is 0 Å². The van der Waals surface area contributed by atoms with E-state index >= 15 is 0 Å². The molecule has 0 spiro atoms. The molecule has 0 bridgehead atoms. The van der Waals surface area contributed by atoms with Gasteiger partial charge in [-0.25, -0.2) is 0 Å². The molecule has 0 aliphatic rings. The fraction of sp³-hybridized carbons (Fsp3) is 0.800. The Labute approximate surface area is 125 Å². The van der Waals surface area contributed by atoms with Crippen molar-refractivity contribution in [1.29, 1.82) is 0 Å². The second kappa shape index (κ2) is 12.6. The van der Waals surface area contributed by atoms with Crippen molar-refractivity contribution in [3.63, 3.8) is 0 Å². The van der Waals surface area contributed by atoms with Gasteiger partial charge < -0.3 is 10.2 Å². The summed E-state index contributed by atoms with van der Waals surface area (Å²) in [7, 11) is 0. The van der Waals surface area contributed by atoms with Crippen LogP contribution >= 0.6 is 0 Å². The monoisotopic (exact) mass is 242 g/mol. The molecule has 0 saturated heterocycles. The molecule has 0 radical (unpaired) electrons. The number of unbranched alkanes of at least 4 members (excludes halogenated alkanes) is 2. The van der Waals surface area contributed by atoms with Gasteiger partial charge in [-0.1, -0.05) is 0 Å². The summed E-state index contributed by atoms with van der Waals surface area (Å²) in [6.07, 6.45) is 4.98. The van der Waals surface area contributed by atoms with Crippen molar-refractivity contribution in [3.05, 3.63) is 0 Å². The minimum absolute atomic E-state index is 0.806. The number of aliphatic carboxylic acids is 2. The first kappa shape index (κ1) is 18.0. The smallest absolute Gasteiger partial charge is 0.314 e. The van der Waals surface area contributed by atoms with E-state index in [4.69, 9.17) is 10.2 Å². The number of rotatable bonds is 6. The van der Waals surface area contributed by atoms with E-state index in [0.29, 0.717) is 0 Å². The minimum Gasteiger partial charge on any atom is -0.481 e. The Balaban J connectivity index is 0. The molecule has 0 aliphatic heterocycles. The Morgan fingerprint density at radius 1 is 1.20 bits per heavy atom. The average Bonchev–Trinajstić information content (AvgIpc) is 2.02. The van der Waals surface area contributed by atoms with Crippen LogP contribution < -0.4 is 0 Å². The molecule has 84 valence electrons. The van der Waals surface area contributed by atoms with E-state index in [1.165, 1.54) is 25.7 Å². The van der Waals surface area contributed by atoms with Crippen molar-refractivity contribution in [2.24, 2.45) is 0 Å². The Hall–Kier alpha value is 0.576. The number of hydrogen-bond donors (Lipinski definition) is 2. The summed E-state index contributed by atoms with van der Waals surface area (Å²) in [6, 6.07) is 0. The van der Waals surface area contributed by atoms with Crippen LogP contribution in [0.5, 0.6) is 0 Å². The Morgan fingerprint density at radius 2 is 1.67 bits per heavy atom. The molecule has 0 fully saturated rings. The fourth-order valence-corrected chi connectivity index (χ4v) is 1.57. The van der Waals surface area contributed by atoms with Crippen molar-refractivity contribution >= 4 is 60.9 Å². The van der Waals surface area contributed by atoms with Gasteiger partial charge in [0.15, 0.2) is 0 Å². The molecule has 0 aromatic heterocycles. The van der Waals surface area contributed by atoms with Crippen LogP contribution in [0, 0.1) is 0 Å². The second-order valence-electron chi connectivity index (χ2n) is 3.85. The molecule has 0 amide bonds. The van der Waals surface area contributed by atoms with Gasteiger partial charge in [0.1, 0.15) is 6.42 Å². The molecule has 0 rings (SSSR count). The van der Waals surface area contributed by atoms with Gasteiger partial charge in [0.25, 0.3) is 0 Å². The van der Waals surface area contributed by atoms with Gasteiger partial charge >= 0.3 is 100 Å². The fourth-order valence-electron chi connectivity index (χ4n) is 0.932. The van der Waals surface area contributed by atoms with Crippen LogP contribution in [0.1, 0.15) is 46.0 Å². The molecule has 0 saturated carbocycles. The quantitative estimate of drug-likeness (QED) is 0.425. The molecular formula is C10H19KO4. The van der Waals surface area contributed by atoms with E-state index in [9.17, 15) is 9.59 Å². The van der Waals surface area contributed by atoms with Gasteiger partial charge in [-0.15, -0.1) is 0 Å². The van der Waals surface area contributed by atoms with Gasteiger partial charge in [0.05, 0.1) is 0 Å². The van der Waals surface area contributed by atoms with Gasteiger partial charge in [0.2, 0.25) is 0 Å². The van der Waals surface area contributed by atoms with Crippen molar-refractivity contribution in [2.45, 2.75) is 46.0 Å². The van der Waals surface area contributed by atoms with Gasteiger partial charge in [-0.3, -0.25) is 9.59 Å². The zero-order chi connectivity index (χ0) is 12.3. The molecule has 0 aromatic carbocycles. The molecule has 4 nitrogen and oxygen atoms in total. The zero-order valence-corrected chi connectivity index (χ0v) is 12.9. The third-order valence-electron chi connectivity index (χ3n) is 1.69. The maximum Gasteiger partial charge on any atom is 0.314 e. The summed E-state index contributed by atoms with van der Waals surface area (Å²) in [5.74, 6) is -2.62. The maximum atomic E-state index is 9.43. The first-order valence-electron chi connectivity index (χ1n) is 5.33. The van der Waals surface area contributed by atoms with E-state index < -0.39 is 18.4 Å². The van der Waals surface area contributed by atoms with Crippen LogP contribution in [0.15, 0.2) is 0 Å². The summed E-state index contributed by atoms with van der Waals surface area (Å²) >= 11 is 1.07. The van der Waals surface area contributed by atoms with Crippen molar-refractivity contribution in [2.75, 3.05) is 0 Å². The summed E-state index contributed by atoms with van der Waals surface area (Å²) in [4.78, 5) is 18.9. The summed E-state index contributed by atoms with van der Waals surface area (Å²) in [5.41, 5.74) is 0. The Morgan fingerprint density at radius 3 is 1.87 bits per heavy atom. The molecule has 0 aromatic rings. The van der Waals surface area contributed by atoms with Crippen LogP contribution in [-0.4, -0.2) is 71.1 Å². The van der Waals surface area contributed by atoms with E-state index in [-0.39, 0.29) is 0 Å². The molecule has 5 heteroatoms. The number of carboxylic acids is 2.